The fourth-order valence-corrected chi connectivity index (χ4v) is 2.41. The molecular weight excluding hydrogens is 250 g/mol. The molecule has 0 atom stereocenters. The molecule has 0 fully saturated rings. The summed E-state index contributed by atoms with van der Waals surface area (Å²) >= 11 is 0. The number of hydrogen-bond acceptors (Lipinski definition) is 3. The van der Waals surface area contributed by atoms with Gasteiger partial charge in [-0.3, -0.25) is 4.57 Å². The van der Waals surface area contributed by atoms with Crippen molar-refractivity contribution < 1.29 is 0 Å². The number of nitrogens with zero attached hydrogens (tertiary/aromatic N) is 2. The third-order valence-corrected chi connectivity index (χ3v) is 3.43. The largest absolute Gasteiger partial charge is 0.383 e. The first kappa shape index (κ1) is 12.4. The van der Waals surface area contributed by atoms with Crippen LogP contribution in [0.25, 0.3) is 16.6 Å². The Bertz CT molecular complexity index is 865. The maximum absolute atomic E-state index is 12.3. The van der Waals surface area contributed by atoms with Gasteiger partial charge in [-0.2, -0.15) is 4.98 Å². The summed E-state index contributed by atoms with van der Waals surface area (Å²) in [6, 6.07) is 13.6. The molecule has 0 spiro atoms. The highest BCUT2D eigenvalue weighted by Gasteiger charge is 2.11. The van der Waals surface area contributed by atoms with E-state index in [0.29, 0.717) is 0 Å². The molecule has 4 heteroatoms. The number of nitrogens with two attached hydrogens (primary N) is 1. The minimum Gasteiger partial charge on any atom is -0.383 e. The minimum atomic E-state index is -0.352. The van der Waals surface area contributed by atoms with E-state index in [9.17, 15) is 4.79 Å². The van der Waals surface area contributed by atoms with Crippen molar-refractivity contribution in [3.05, 3.63) is 64.1 Å². The predicted octanol–water partition coefficient (Wildman–Crippen LogP) is 2.58. The second-order valence-electron chi connectivity index (χ2n) is 4.92. The van der Waals surface area contributed by atoms with E-state index in [-0.39, 0.29) is 11.5 Å². The Balaban J connectivity index is 2.50. The number of aryl methyl sites for hydroxylation is 2. The molecule has 0 unspecified atom stereocenters. The number of hydrogen-bond donors (Lipinski definition) is 1. The van der Waals surface area contributed by atoms with Gasteiger partial charge in [-0.1, -0.05) is 24.3 Å². The Kier molecular flexibility index (Phi) is 2.79. The Hall–Kier alpha value is -2.62. The molecule has 3 rings (SSSR count). The molecule has 0 aliphatic heterocycles. The molecule has 2 aromatic carbocycles. The number of para-hydroxylation sites is 1. The highest BCUT2D eigenvalue weighted by Crippen LogP contribution is 2.22. The molecule has 0 saturated heterocycles. The van der Waals surface area contributed by atoms with E-state index in [1.807, 2.05) is 56.3 Å². The summed E-state index contributed by atoms with van der Waals surface area (Å²) in [6.45, 7) is 3.96. The lowest BCUT2D eigenvalue weighted by atomic mass is 10.1. The maximum atomic E-state index is 12.3. The topological polar surface area (TPSA) is 60.9 Å². The number of rotatable bonds is 1. The van der Waals surface area contributed by atoms with Crippen LogP contribution >= 0.6 is 0 Å². The van der Waals surface area contributed by atoms with Gasteiger partial charge in [-0.05, 0) is 43.2 Å². The summed E-state index contributed by atoms with van der Waals surface area (Å²) in [5.74, 6) is 0.273. The summed E-state index contributed by atoms with van der Waals surface area (Å²) in [7, 11) is 0. The fourth-order valence-electron chi connectivity index (χ4n) is 2.41. The molecule has 1 aromatic heterocycles. The van der Waals surface area contributed by atoms with Crippen molar-refractivity contribution in [1.82, 2.24) is 9.55 Å². The highest BCUT2D eigenvalue weighted by atomic mass is 16.1. The molecule has 1 heterocycles. The van der Waals surface area contributed by atoms with E-state index < -0.39 is 0 Å². The van der Waals surface area contributed by atoms with Gasteiger partial charge < -0.3 is 5.73 Å². The van der Waals surface area contributed by atoms with Gasteiger partial charge in [0.1, 0.15) is 5.82 Å². The molecule has 0 aliphatic carbocycles. The third-order valence-electron chi connectivity index (χ3n) is 3.43. The van der Waals surface area contributed by atoms with Crippen LogP contribution in [0.15, 0.2) is 47.3 Å². The van der Waals surface area contributed by atoms with E-state index in [1.165, 1.54) is 0 Å². The Morgan fingerprint density at radius 1 is 1.10 bits per heavy atom. The van der Waals surface area contributed by atoms with Crippen LogP contribution in [0.3, 0.4) is 0 Å². The quantitative estimate of drug-likeness (QED) is 0.735. The van der Waals surface area contributed by atoms with Crippen LogP contribution in [-0.2, 0) is 0 Å². The average Bonchev–Trinajstić information content (AvgIpc) is 2.40. The van der Waals surface area contributed by atoms with Gasteiger partial charge in [0.15, 0.2) is 0 Å². The van der Waals surface area contributed by atoms with Gasteiger partial charge in [0.25, 0.3) is 0 Å². The van der Waals surface area contributed by atoms with Crippen molar-refractivity contribution >= 4 is 16.7 Å². The lowest BCUT2D eigenvalue weighted by Gasteiger charge is -2.13. The number of benzene rings is 2. The van der Waals surface area contributed by atoms with Crippen LogP contribution in [0.2, 0.25) is 0 Å². The van der Waals surface area contributed by atoms with Crippen molar-refractivity contribution in [2.75, 3.05) is 5.73 Å². The first-order valence-electron chi connectivity index (χ1n) is 6.43. The molecule has 0 aliphatic rings. The number of anilines is 1. The number of aromatic nitrogens is 2. The lowest BCUT2D eigenvalue weighted by molar-refractivity contribution is 0.955. The third kappa shape index (κ3) is 1.86. The zero-order valence-electron chi connectivity index (χ0n) is 11.4. The molecule has 0 saturated carbocycles. The van der Waals surface area contributed by atoms with Gasteiger partial charge in [-0.25, -0.2) is 4.79 Å². The van der Waals surface area contributed by atoms with Crippen LogP contribution in [0, 0.1) is 13.8 Å². The molecule has 2 N–H and O–H groups in total. The van der Waals surface area contributed by atoms with Crippen molar-refractivity contribution in [2.45, 2.75) is 13.8 Å². The fraction of sp³-hybridized carbons (Fsp3) is 0.125. The molecule has 4 nitrogen and oxygen atoms in total. The number of nitrogen functional groups attached to an aromatic ring is 1. The monoisotopic (exact) mass is 265 g/mol. The minimum absolute atomic E-state index is 0.273. The van der Waals surface area contributed by atoms with Crippen LogP contribution in [0.1, 0.15) is 11.1 Å². The number of fused-ring (bicyclic) bond motifs is 1. The van der Waals surface area contributed by atoms with Crippen LogP contribution < -0.4 is 11.4 Å². The molecule has 3 aromatic rings. The molecule has 0 bridgehead atoms. The Morgan fingerprint density at radius 3 is 2.60 bits per heavy atom. The summed E-state index contributed by atoms with van der Waals surface area (Å²) < 4.78 is 1.62. The summed E-state index contributed by atoms with van der Waals surface area (Å²) in [5, 5.41) is 0.790. The first-order valence-corrected chi connectivity index (χ1v) is 6.43. The van der Waals surface area contributed by atoms with Crippen LogP contribution in [0.5, 0.6) is 0 Å². The standard InChI is InChI=1S/C16H15N3O/c1-10-7-8-12-14(9-10)19(16(20)18-15(12)17)13-6-4-3-5-11(13)2/h3-9H,1-2H3,(H2,17,18,20). The molecular formula is C16H15N3O. The van der Waals surface area contributed by atoms with Crippen molar-refractivity contribution in [3.8, 4) is 5.69 Å². The normalized spacial score (nSPS) is 10.9. The lowest BCUT2D eigenvalue weighted by Crippen LogP contribution is -2.23. The van der Waals surface area contributed by atoms with E-state index in [0.717, 1.165) is 27.7 Å². The summed E-state index contributed by atoms with van der Waals surface area (Å²) in [4.78, 5) is 16.2. The van der Waals surface area contributed by atoms with Gasteiger partial charge >= 0.3 is 5.69 Å². The van der Waals surface area contributed by atoms with Gasteiger partial charge in [0.05, 0.1) is 11.2 Å². The van der Waals surface area contributed by atoms with Crippen molar-refractivity contribution in [2.24, 2.45) is 0 Å². The van der Waals surface area contributed by atoms with Crippen molar-refractivity contribution in [1.29, 1.82) is 0 Å². The molecule has 20 heavy (non-hydrogen) atoms. The summed E-state index contributed by atoms with van der Waals surface area (Å²) in [6.07, 6.45) is 0. The Morgan fingerprint density at radius 2 is 1.85 bits per heavy atom. The predicted molar refractivity (Wildman–Crippen MR) is 81.2 cm³/mol. The zero-order chi connectivity index (χ0) is 14.3. The maximum Gasteiger partial charge on any atom is 0.354 e. The van der Waals surface area contributed by atoms with Gasteiger partial charge in [0.2, 0.25) is 0 Å². The van der Waals surface area contributed by atoms with E-state index in [1.54, 1.807) is 4.57 Å². The van der Waals surface area contributed by atoms with E-state index in [4.69, 9.17) is 5.73 Å². The molecule has 100 valence electrons. The highest BCUT2D eigenvalue weighted by molar-refractivity contribution is 5.89. The van der Waals surface area contributed by atoms with Gasteiger partial charge in [0, 0.05) is 5.39 Å². The SMILES string of the molecule is Cc1ccc2c(N)nc(=O)n(-c3ccccc3C)c2c1. The van der Waals surface area contributed by atoms with Crippen LogP contribution in [0.4, 0.5) is 5.82 Å². The second kappa shape index (κ2) is 4.49. The zero-order valence-corrected chi connectivity index (χ0v) is 11.4. The van der Waals surface area contributed by atoms with Gasteiger partial charge in [-0.15, -0.1) is 0 Å². The van der Waals surface area contributed by atoms with Crippen molar-refractivity contribution in [3.63, 3.8) is 0 Å². The first-order chi connectivity index (χ1) is 9.58. The van der Waals surface area contributed by atoms with E-state index in [2.05, 4.69) is 4.98 Å². The Labute approximate surface area is 116 Å². The summed E-state index contributed by atoms with van der Waals surface area (Å²) in [5.41, 5.74) is 9.23. The smallest absolute Gasteiger partial charge is 0.354 e. The van der Waals surface area contributed by atoms with E-state index >= 15 is 0 Å². The molecule has 0 radical (unpaired) electrons. The second-order valence-corrected chi connectivity index (χ2v) is 4.92. The average molecular weight is 265 g/mol. The molecule has 0 amide bonds. The van der Waals surface area contributed by atoms with Crippen LogP contribution in [-0.4, -0.2) is 9.55 Å².